The highest BCUT2D eigenvalue weighted by Gasteiger charge is 2.40. The molecule has 0 aliphatic carbocycles. The van der Waals surface area contributed by atoms with Gasteiger partial charge in [-0.25, -0.2) is 4.79 Å². The zero-order valence-corrected chi connectivity index (χ0v) is 17.3. The number of carboxylic acid groups (broad SMARTS) is 1. The first-order chi connectivity index (χ1) is 13.4. The summed E-state index contributed by atoms with van der Waals surface area (Å²) in [6, 6.07) is 8.52. The lowest BCUT2D eigenvalue weighted by Gasteiger charge is -2.34. The number of aliphatic carboxylic acids is 1. The average Bonchev–Trinajstić information content (AvgIpc) is 2.70. The van der Waals surface area contributed by atoms with Gasteiger partial charge in [-0.1, -0.05) is 42.8 Å². The predicted molar refractivity (Wildman–Crippen MR) is 109 cm³/mol. The third-order valence-corrected chi connectivity index (χ3v) is 5.07. The van der Waals surface area contributed by atoms with Gasteiger partial charge in [0.05, 0.1) is 18.9 Å². The molecule has 0 spiro atoms. The summed E-state index contributed by atoms with van der Waals surface area (Å²) >= 11 is 0. The minimum absolute atomic E-state index is 0.226. The molecule has 0 bridgehead atoms. The number of nitrogens with zero attached hydrogens (tertiary/aromatic N) is 1. The quantitative estimate of drug-likeness (QED) is 0.344. The van der Waals surface area contributed by atoms with E-state index in [-0.39, 0.29) is 5.92 Å². The Morgan fingerprint density at radius 3 is 2.50 bits per heavy atom. The summed E-state index contributed by atoms with van der Waals surface area (Å²) in [7, 11) is 0. The molecule has 1 saturated heterocycles. The number of hydrogen-bond acceptors (Lipinski definition) is 5. The third kappa shape index (κ3) is 6.91. The van der Waals surface area contributed by atoms with Gasteiger partial charge in [-0.2, -0.15) is 0 Å². The van der Waals surface area contributed by atoms with Crippen LogP contribution in [0.2, 0.25) is 0 Å². The summed E-state index contributed by atoms with van der Waals surface area (Å²) in [5.74, 6) is -2.35. The second kappa shape index (κ2) is 11.2. The van der Waals surface area contributed by atoms with Crippen molar-refractivity contribution in [2.24, 2.45) is 11.1 Å². The van der Waals surface area contributed by atoms with Crippen molar-refractivity contribution in [1.29, 1.82) is 0 Å². The van der Waals surface area contributed by atoms with Gasteiger partial charge in [-0.3, -0.25) is 0 Å². The van der Waals surface area contributed by atoms with E-state index in [9.17, 15) is 4.79 Å². The van der Waals surface area contributed by atoms with Crippen LogP contribution >= 0.6 is 0 Å². The van der Waals surface area contributed by atoms with E-state index in [2.05, 4.69) is 36.3 Å². The molecule has 0 amide bonds. The Bertz CT molecular complexity index is 633. The Labute approximate surface area is 167 Å². The van der Waals surface area contributed by atoms with Crippen LogP contribution in [-0.2, 0) is 25.5 Å². The molecule has 1 heterocycles. The molecule has 0 aromatic heterocycles. The first-order valence-corrected chi connectivity index (χ1v) is 10.2. The minimum atomic E-state index is -1.50. The number of oxime groups is 1. The zero-order chi connectivity index (χ0) is 20.4. The van der Waals surface area contributed by atoms with Crippen LogP contribution in [0.1, 0.15) is 64.0 Å². The van der Waals surface area contributed by atoms with Gasteiger partial charge in [0.15, 0.2) is 0 Å². The Morgan fingerprint density at radius 2 is 1.89 bits per heavy atom. The van der Waals surface area contributed by atoms with Crippen LogP contribution in [0.3, 0.4) is 0 Å². The molecular formula is C22H33NO5. The van der Waals surface area contributed by atoms with E-state index in [0.29, 0.717) is 19.8 Å². The van der Waals surface area contributed by atoms with Gasteiger partial charge < -0.3 is 19.4 Å². The smallest absolute Gasteiger partial charge is 0.364 e. The van der Waals surface area contributed by atoms with E-state index in [1.807, 2.05) is 6.92 Å². The summed E-state index contributed by atoms with van der Waals surface area (Å²) in [6.07, 6.45) is 6.31. The van der Waals surface area contributed by atoms with Crippen LogP contribution in [-0.4, -0.2) is 42.4 Å². The second-order valence-corrected chi connectivity index (χ2v) is 7.55. The van der Waals surface area contributed by atoms with Crippen molar-refractivity contribution in [3.8, 4) is 0 Å². The molecule has 156 valence electrons. The minimum Gasteiger partial charge on any atom is -0.477 e. The number of unbranched alkanes of at least 4 members (excludes halogenated alkanes) is 2. The Morgan fingerprint density at radius 1 is 1.21 bits per heavy atom. The highest BCUT2D eigenvalue weighted by atomic mass is 16.7. The lowest BCUT2D eigenvalue weighted by molar-refractivity contribution is -0.271. The third-order valence-electron chi connectivity index (χ3n) is 5.07. The van der Waals surface area contributed by atoms with Crippen molar-refractivity contribution in [1.82, 2.24) is 0 Å². The molecule has 1 aliphatic rings. The molecule has 6 nitrogen and oxygen atoms in total. The van der Waals surface area contributed by atoms with E-state index >= 15 is 0 Å². The number of rotatable bonds is 11. The van der Waals surface area contributed by atoms with Crippen LogP contribution in [0.4, 0.5) is 0 Å². The fourth-order valence-electron chi connectivity index (χ4n) is 3.02. The first-order valence-electron chi connectivity index (χ1n) is 10.2. The number of benzene rings is 1. The molecule has 0 saturated carbocycles. The molecule has 6 heteroatoms. The fourth-order valence-corrected chi connectivity index (χ4v) is 3.02. The van der Waals surface area contributed by atoms with Crippen molar-refractivity contribution >= 4 is 11.7 Å². The summed E-state index contributed by atoms with van der Waals surface area (Å²) in [5.41, 5.74) is 3.32. The van der Waals surface area contributed by atoms with Crippen LogP contribution in [0.15, 0.2) is 29.4 Å². The van der Waals surface area contributed by atoms with E-state index in [0.717, 1.165) is 37.0 Å². The number of ether oxygens (including phenoxy) is 2. The highest BCUT2D eigenvalue weighted by Crippen LogP contribution is 2.24. The van der Waals surface area contributed by atoms with Crippen molar-refractivity contribution in [3.63, 3.8) is 0 Å². The lowest BCUT2D eigenvalue weighted by atomic mass is 10.0. The molecule has 0 atom stereocenters. The van der Waals surface area contributed by atoms with Crippen LogP contribution in [0.5, 0.6) is 0 Å². The number of carbonyl (C=O) groups is 1. The van der Waals surface area contributed by atoms with Gasteiger partial charge in [-0.05, 0) is 50.2 Å². The highest BCUT2D eigenvalue weighted by molar-refractivity contribution is 5.98. The number of aryl methyl sites for hydroxylation is 1. The standard InChI is InChI=1S/C22H33NO5/c1-4-5-8-18-10-12-20(13-11-18)17(2)23-28-14-7-6-9-19-15-26-22(3,21(24)25)27-16-19/h10-13,19H,4-9,14-16H2,1-3H3,(H,24,25)/b23-17-. The molecule has 1 aromatic rings. The molecule has 1 aliphatic heterocycles. The summed E-state index contributed by atoms with van der Waals surface area (Å²) in [5, 5.41) is 13.3. The molecular weight excluding hydrogens is 358 g/mol. The summed E-state index contributed by atoms with van der Waals surface area (Å²) < 4.78 is 10.7. The molecule has 28 heavy (non-hydrogen) atoms. The average molecular weight is 392 g/mol. The maximum absolute atomic E-state index is 11.1. The van der Waals surface area contributed by atoms with E-state index in [1.165, 1.54) is 25.3 Å². The van der Waals surface area contributed by atoms with Gasteiger partial charge in [0.1, 0.15) is 6.61 Å². The van der Waals surface area contributed by atoms with Gasteiger partial charge in [0, 0.05) is 12.8 Å². The molecule has 1 aromatic carbocycles. The SMILES string of the molecule is CCCCc1ccc(/C(C)=N\OCCCCC2COC(C)(C(=O)O)OC2)cc1. The van der Waals surface area contributed by atoms with Crippen molar-refractivity contribution in [3.05, 3.63) is 35.4 Å². The van der Waals surface area contributed by atoms with Crippen LogP contribution < -0.4 is 0 Å². The first kappa shape index (κ1) is 22.4. The molecule has 0 unspecified atom stereocenters. The van der Waals surface area contributed by atoms with Crippen LogP contribution in [0, 0.1) is 5.92 Å². The van der Waals surface area contributed by atoms with Gasteiger partial charge in [-0.15, -0.1) is 0 Å². The molecule has 2 rings (SSSR count). The predicted octanol–water partition coefficient (Wildman–Crippen LogP) is 4.40. The van der Waals surface area contributed by atoms with Crippen LogP contribution in [0.25, 0.3) is 0 Å². The Hall–Kier alpha value is -1.92. The number of carboxylic acids is 1. The monoisotopic (exact) mass is 391 g/mol. The Kier molecular flexibility index (Phi) is 8.93. The van der Waals surface area contributed by atoms with Crippen molar-refractivity contribution < 1.29 is 24.2 Å². The van der Waals surface area contributed by atoms with Gasteiger partial charge >= 0.3 is 5.97 Å². The van der Waals surface area contributed by atoms with Crippen molar-refractivity contribution in [2.75, 3.05) is 19.8 Å². The van der Waals surface area contributed by atoms with E-state index in [4.69, 9.17) is 19.4 Å². The fraction of sp³-hybridized carbons (Fsp3) is 0.636. The maximum atomic E-state index is 11.1. The van der Waals surface area contributed by atoms with E-state index in [1.54, 1.807) is 0 Å². The Balaban J connectivity index is 1.61. The molecule has 1 fully saturated rings. The topological polar surface area (TPSA) is 77.4 Å². The molecule has 0 radical (unpaired) electrons. The normalized spacial score (nSPS) is 22.8. The number of hydrogen-bond donors (Lipinski definition) is 1. The van der Waals surface area contributed by atoms with Gasteiger partial charge in [0.25, 0.3) is 5.79 Å². The van der Waals surface area contributed by atoms with Crippen molar-refractivity contribution in [2.45, 2.75) is 65.1 Å². The zero-order valence-electron chi connectivity index (χ0n) is 17.3. The second-order valence-electron chi connectivity index (χ2n) is 7.55. The lowest BCUT2D eigenvalue weighted by Crippen LogP contribution is -2.47. The largest absolute Gasteiger partial charge is 0.477 e. The summed E-state index contributed by atoms with van der Waals surface area (Å²) in [4.78, 5) is 16.5. The molecule has 1 N–H and O–H groups in total. The van der Waals surface area contributed by atoms with E-state index < -0.39 is 11.8 Å². The van der Waals surface area contributed by atoms with Gasteiger partial charge in [0.2, 0.25) is 0 Å². The summed E-state index contributed by atoms with van der Waals surface area (Å²) in [6.45, 7) is 6.99. The maximum Gasteiger partial charge on any atom is 0.364 e.